The molecule has 2 N–H and O–H groups in total. The number of carboxylic acids is 1. The standard InChI is InChI=1S/C15H13ClINO2/c16-13-8-11(17)6-7-14(13)18-9-12(15(19)20)10-4-2-1-3-5-10/h1-8,12,18H,9H2,(H,19,20). The van der Waals surface area contributed by atoms with Crippen molar-refractivity contribution in [2.45, 2.75) is 5.92 Å². The second kappa shape index (κ2) is 6.95. The molecule has 0 aliphatic carbocycles. The molecule has 3 nitrogen and oxygen atoms in total. The second-order valence-corrected chi connectivity index (χ2v) is 5.96. The van der Waals surface area contributed by atoms with Crippen molar-refractivity contribution in [3.8, 4) is 0 Å². The topological polar surface area (TPSA) is 49.3 Å². The lowest BCUT2D eigenvalue weighted by molar-refractivity contribution is -0.138. The molecule has 0 aromatic heterocycles. The third-order valence-electron chi connectivity index (χ3n) is 2.93. The van der Waals surface area contributed by atoms with Crippen molar-refractivity contribution in [2.24, 2.45) is 0 Å². The van der Waals surface area contributed by atoms with Crippen LogP contribution in [0, 0.1) is 3.57 Å². The largest absolute Gasteiger partial charge is 0.481 e. The maximum absolute atomic E-state index is 11.4. The molecule has 0 aliphatic rings. The lowest BCUT2D eigenvalue weighted by atomic mass is 9.99. The minimum Gasteiger partial charge on any atom is -0.481 e. The molecule has 104 valence electrons. The van der Waals surface area contributed by atoms with Crippen molar-refractivity contribution in [3.63, 3.8) is 0 Å². The minimum absolute atomic E-state index is 0.291. The minimum atomic E-state index is -0.856. The molecule has 0 aliphatic heterocycles. The van der Waals surface area contributed by atoms with Crippen LogP contribution in [0.25, 0.3) is 0 Å². The molecule has 0 bridgehead atoms. The smallest absolute Gasteiger partial charge is 0.312 e. The molecule has 0 saturated carbocycles. The van der Waals surface area contributed by atoms with Crippen LogP contribution in [0.4, 0.5) is 5.69 Å². The number of hydrogen-bond donors (Lipinski definition) is 2. The van der Waals surface area contributed by atoms with Crippen LogP contribution < -0.4 is 5.32 Å². The highest BCUT2D eigenvalue weighted by atomic mass is 127. The molecular weight excluding hydrogens is 389 g/mol. The Morgan fingerprint density at radius 2 is 1.95 bits per heavy atom. The lowest BCUT2D eigenvalue weighted by Crippen LogP contribution is -2.21. The first-order valence-electron chi connectivity index (χ1n) is 6.04. The zero-order valence-electron chi connectivity index (χ0n) is 10.5. The molecular formula is C15H13ClINO2. The third kappa shape index (κ3) is 3.86. The van der Waals surface area contributed by atoms with Gasteiger partial charge in [-0.15, -0.1) is 0 Å². The van der Waals surface area contributed by atoms with Crippen LogP contribution in [0.5, 0.6) is 0 Å². The van der Waals surface area contributed by atoms with Crippen molar-refractivity contribution < 1.29 is 9.90 Å². The summed E-state index contributed by atoms with van der Waals surface area (Å²) < 4.78 is 1.04. The van der Waals surface area contributed by atoms with Gasteiger partial charge in [0.15, 0.2) is 0 Å². The zero-order chi connectivity index (χ0) is 14.5. The summed E-state index contributed by atoms with van der Waals surface area (Å²) in [5.74, 6) is -1.46. The summed E-state index contributed by atoms with van der Waals surface area (Å²) in [6, 6.07) is 14.8. The van der Waals surface area contributed by atoms with E-state index in [0.717, 1.165) is 14.8 Å². The highest BCUT2D eigenvalue weighted by molar-refractivity contribution is 14.1. The number of hydrogen-bond acceptors (Lipinski definition) is 2. The Kier molecular flexibility index (Phi) is 5.25. The normalized spacial score (nSPS) is 11.9. The number of carbonyl (C=O) groups is 1. The molecule has 2 aromatic rings. The highest BCUT2D eigenvalue weighted by Gasteiger charge is 2.19. The first kappa shape index (κ1) is 15.1. The molecule has 1 atom stereocenters. The number of anilines is 1. The predicted octanol–water partition coefficient (Wildman–Crippen LogP) is 4.22. The van der Waals surface area contributed by atoms with Crippen LogP contribution >= 0.6 is 34.2 Å². The lowest BCUT2D eigenvalue weighted by Gasteiger charge is -2.15. The van der Waals surface area contributed by atoms with Gasteiger partial charge in [-0.25, -0.2) is 0 Å². The van der Waals surface area contributed by atoms with E-state index >= 15 is 0 Å². The van der Waals surface area contributed by atoms with Crippen LogP contribution in [0.3, 0.4) is 0 Å². The maximum atomic E-state index is 11.4. The molecule has 5 heteroatoms. The van der Waals surface area contributed by atoms with Crippen molar-refractivity contribution in [1.29, 1.82) is 0 Å². The molecule has 2 rings (SSSR count). The summed E-state index contributed by atoms with van der Waals surface area (Å²) >= 11 is 8.30. The fourth-order valence-corrected chi connectivity index (χ4v) is 2.80. The van der Waals surface area contributed by atoms with Gasteiger partial charge in [-0.05, 0) is 46.4 Å². The van der Waals surface area contributed by atoms with Crippen LogP contribution in [-0.4, -0.2) is 17.6 Å². The fraction of sp³-hybridized carbons (Fsp3) is 0.133. The van der Waals surface area contributed by atoms with E-state index in [1.165, 1.54) is 0 Å². The van der Waals surface area contributed by atoms with E-state index in [0.29, 0.717) is 11.6 Å². The van der Waals surface area contributed by atoms with E-state index in [4.69, 9.17) is 11.6 Å². The van der Waals surface area contributed by atoms with E-state index in [-0.39, 0.29) is 0 Å². The second-order valence-electron chi connectivity index (χ2n) is 4.31. The van der Waals surface area contributed by atoms with E-state index in [9.17, 15) is 9.90 Å². The SMILES string of the molecule is O=C(O)C(CNc1ccc(I)cc1Cl)c1ccccc1. The molecule has 0 saturated heterocycles. The van der Waals surface area contributed by atoms with Gasteiger partial charge in [0.25, 0.3) is 0 Å². The summed E-state index contributed by atoms with van der Waals surface area (Å²) in [5, 5.41) is 13.0. The van der Waals surface area contributed by atoms with Crippen molar-refractivity contribution in [2.75, 3.05) is 11.9 Å². The Bertz CT molecular complexity index is 604. The van der Waals surface area contributed by atoms with Gasteiger partial charge >= 0.3 is 5.97 Å². The average molecular weight is 402 g/mol. The predicted molar refractivity (Wildman–Crippen MR) is 89.5 cm³/mol. The number of aliphatic carboxylic acids is 1. The summed E-state index contributed by atoms with van der Waals surface area (Å²) in [6.07, 6.45) is 0. The van der Waals surface area contributed by atoms with Crippen LogP contribution in [0.1, 0.15) is 11.5 Å². The molecule has 0 fully saturated rings. The average Bonchev–Trinajstić information content (AvgIpc) is 2.42. The molecule has 20 heavy (non-hydrogen) atoms. The first-order chi connectivity index (χ1) is 9.58. The fourth-order valence-electron chi connectivity index (χ4n) is 1.88. The number of carboxylic acid groups (broad SMARTS) is 1. The van der Waals surface area contributed by atoms with Crippen molar-refractivity contribution >= 4 is 45.8 Å². The monoisotopic (exact) mass is 401 g/mol. The Morgan fingerprint density at radius 3 is 2.55 bits per heavy atom. The Hall–Kier alpha value is -1.27. The van der Waals surface area contributed by atoms with Gasteiger partial charge in [0.1, 0.15) is 0 Å². The van der Waals surface area contributed by atoms with Gasteiger partial charge in [-0.1, -0.05) is 41.9 Å². The summed E-state index contributed by atoms with van der Waals surface area (Å²) in [4.78, 5) is 11.4. The van der Waals surface area contributed by atoms with Gasteiger partial charge in [0.2, 0.25) is 0 Å². The molecule has 0 heterocycles. The van der Waals surface area contributed by atoms with E-state index in [2.05, 4.69) is 27.9 Å². The quantitative estimate of drug-likeness (QED) is 0.737. The van der Waals surface area contributed by atoms with Crippen LogP contribution in [0.15, 0.2) is 48.5 Å². The van der Waals surface area contributed by atoms with E-state index in [1.807, 2.05) is 48.5 Å². The Morgan fingerprint density at radius 1 is 1.25 bits per heavy atom. The van der Waals surface area contributed by atoms with Gasteiger partial charge < -0.3 is 10.4 Å². The van der Waals surface area contributed by atoms with Gasteiger partial charge in [-0.3, -0.25) is 4.79 Å². The maximum Gasteiger partial charge on any atom is 0.312 e. The third-order valence-corrected chi connectivity index (χ3v) is 3.91. The van der Waals surface area contributed by atoms with Crippen molar-refractivity contribution in [3.05, 3.63) is 62.7 Å². The Balaban J connectivity index is 2.12. The Labute approximate surface area is 136 Å². The number of nitrogens with one attached hydrogen (secondary N) is 1. The number of benzene rings is 2. The molecule has 2 aromatic carbocycles. The van der Waals surface area contributed by atoms with Crippen LogP contribution in [0.2, 0.25) is 5.02 Å². The van der Waals surface area contributed by atoms with Gasteiger partial charge in [0, 0.05) is 10.1 Å². The van der Waals surface area contributed by atoms with E-state index < -0.39 is 11.9 Å². The summed E-state index contributed by atoms with van der Waals surface area (Å²) in [7, 11) is 0. The molecule has 0 spiro atoms. The highest BCUT2D eigenvalue weighted by Crippen LogP contribution is 2.25. The van der Waals surface area contributed by atoms with Crippen LogP contribution in [-0.2, 0) is 4.79 Å². The summed E-state index contributed by atoms with van der Waals surface area (Å²) in [5.41, 5.74) is 1.52. The molecule has 0 radical (unpaired) electrons. The number of halogens is 2. The zero-order valence-corrected chi connectivity index (χ0v) is 13.4. The summed E-state index contributed by atoms with van der Waals surface area (Å²) in [6.45, 7) is 0.291. The van der Waals surface area contributed by atoms with Gasteiger partial charge in [0.05, 0.1) is 16.6 Å². The molecule has 0 amide bonds. The van der Waals surface area contributed by atoms with Gasteiger partial charge in [-0.2, -0.15) is 0 Å². The van der Waals surface area contributed by atoms with Crippen molar-refractivity contribution in [1.82, 2.24) is 0 Å². The first-order valence-corrected chi connectivity index (χ1v) is 7.50. The molecule has 1 unspecified atom stereocenters. The number of rotatable bonds is 5. The van der Waals surface area contributed by atoms with E-state index in [1.54, 1.807) is 0 Å².